The summed E-state index contributed by atoms with van der Waals surface area (Å²) in [5, 5.41) is 14.3. The first-order chi connectivity index (χ1) is 13.3. The molecule has 1 aliphatic heterocycles. The lowest BCUT2D eigenvalue weighted by molar-refractivity contribution is 0.251. The van der Waals surface area contributed by atoms with E-state index in [1.54, 1.807) is 12.3 Å². The molecule has 0 saturated carbocycles. The largest absolute Gasteiger partial charge is 0.467 e. The van der Waals surface area contributed by atoms with Crippen LogP contribution in [0.2, 0.25) is 0 Å². The number of rotatable bonds is 5. The van der Waals surface area contributed by atoms with Crippen LogP contribution in [0.5, 0.6) is 0 Å². The summed E-state index contributed by atoms with van der Waals surface area (Å²) >= 11 is 0. The third kappa shape index (κ3) is 4.25. The number of carbonyl (C=O) groups excluding carboxylic acids is 1. The first-order valence-electron chi connectivity index (χ1n) is 9.04. The van der Waals surface area contributed by atoms with E-state index < -0.39 is 0 Å². The fourth-order valence-corrected chi connectivity index (χ4v) is 3.11. The average Bonchev–Trinajstić information content (AvgIpc) is 3.41. The molecule has 0 unspecified atom stereocenters. The number of nitrogens with zero attached hydrogens (tertiary/aromatic N) is 3. The second-order valence-corrected chi connectivity index (χ2v) is 6.44. The van der Waals surface area contributed by atoms with Crippen LogP contribution >= 0.6 is 0 Å². The highest BCUT2D eigenvalue weighted by molar-refractivity contribution is 5.89. The molecule has 7 heteroatoms. The molecule has 0 bridgehead atoms. The van der Waals surface area contributed by atoms with E-state index in [-0.39, 0.29) is 6.03 Å². The van der Waals surface area contributed by atoms with E-state index in [0.29, 0.717) is 18.0 Å². The van der Waals surface area contributed by atoms with Crippen LogP contribution in [-0.2, 0) is 6.54 Å². The van der Waals surface area contributed by atoms with Crippen molar-refractivity contribution in [2.45, 2.75) is 19.4 Å². The van der Waals surface area contributed by atoms with Crippen LogP contribution in [0, 0.1) is 0 Å². The van der Waals surface area contributed by atoms with Crippen LogP contribution in [0.15, 0.2) is 59.2 Å². The number of benzene rings is 1. The summed E-state index contributed by atoms with van der Waals surface area (Å²) in [6, 6.07) is 14.8. The van der Waals surface area contributed by atoms with Gasteiger partial charge in [-0.15, -0.1) is 10.2 Å². The van der Waals surface area contributed by atoms with Crippen molar-refractivity contribution >= 4 is 17.5 Å². The van der Waals surface area contributed by atoms with Gasteiger partial charge in [0.15, 0.2) is 5.82 Å². The van der Waals surface area contributed by atoms with Crippen molar-refractivity contribution in [1.29, 1.82) is 0 Å². The number of anilines is 2. The van der Waals surface area contributed by atoms with E-state index in [2.05, 4.69) is 25.7 Å². The number of carbonyl (C=O) groups is 1. The molecule has 3 aromatic rings. The number of aromatic nitrogens is 2. The van der Waals surface area contributed by atoms with Gasteiger partial charge in [0.1, 0.15) is 5.76 Å². The Bertz CT molecular complexity index is 887. The van der Waals surface area contributed by atoms with Gasteiger partial charge in [-0.25, -0.2) is 4.79 Å². The Balaban J connectivity index is 1.40. The Labute approximate surface area is 157 Å². The minimum absolute atomic E-state index is 0.293. The molecule has 1 fully saturated rings. The van der Waals surface area contributed by atoms with Crippen molar-refractivity contribution in [2.75, 3.05) is 23.3 Å². The molecule has 0 spiro atoms. The zero-order valence-corrected chi connectivity index (χ0v) is 14.9. The number of hydrogen-bond donors (Lipinski definition) is 2. The zero-order chi connectivity index (χ0) is 18.5. The van der Waals surface area contributed by atoms with Gasteiger partial charge in [-0.1, -0.05) is 12.1 Å². The van der Waals surface area contributed by atoms with Crippen LogP contribution < -0.4 is 15.5 Å². The van der Waals surface area contributed by atoms with Gasteiger partial charge in [-0.3, -0.25) is 0 Å². The highest BCUT2D eigenvalue weighted by Crippen LogP contribution is 2.23. The molecule has 2 aromatic heterocycles. The Morgan fingerprint density at radius 3 is 2.70 bits per heavy atom. The lowest BCUT2D eigenvalue weighted by Gasteiger charge is -2.15. The summed E-state index contributed by atoms with van der Waals surface area (Å²) in [6.45, 7) is 2.42. The molecule has 0 atom stereocenters. The summed E-state index contributed by atoms with van der Waals surface area (Å²) in [5.74, 6) is 1.62. The van der Waals surface area contributed by atoms with Crippen LogP contribution in [0.25, 0.3) is 11.3 Å². The second kappa shape index (κ2) is 7.90. The van der Waals surface area contributed by atoms with Gasteiger partial charge >= 0.3 is 6.03 Å². The zero-order valence-electron chi connectivity index (χ0n) is 14.9. The van der Waals surface area contributed by atoms with Gasteiger partial charge in [0.25, 0.3) is 0 Å². The van der Waals surface area contributed by atoms with Gasteiger partial charge < -0.3 is 20.0 Å². The number of furan rings is 1. The third-order valence-electron chi connectivity index (χ3n) is 4.50. The molecule has 4 rings (SSSR count). The fourth-order valence-electron chi connectivity index (χ4n) is 3.11. The van der Waals surface area contributed by atoms with Crippen molar-refractivity contribution in [3.8, 4) is 11.3 Å². The predicted molar refractivity (Wildman–Crippen MR) is 103 cm³/mol. The standard InChI is InChI=1S/C20H21N5O2/c26-20(21-14-17-7-4-12-27-17)22-16-6-3-5-15(13-16)18-8-9-19(24-23-18)25-10-1-2-11-25/h3-9,12-13H,1-2,10-11,14H2,(H2,21,22,26). The smallest absolute Gasteiger partial charge is 0.319 e. The molecule has 1 saturated heterocycles. The van der Waals surface area contributed by atoms with Crippen molar-refractivity contribution in [2.24, 2.45) is 0 Å². The lowest BCUT2D eigenvalue weighted by atomic mass is 10.1. The summed E-state index contributed by atoms with van der Waals surface area (Å²) in [5.41, 5.74) is 2.37. The number of hydrogen-bond acceptors (Lipinski definition) is 5. The van der Waals surface area contributed by atoms with Gasteiger partial charge in [0.2, 0.25) is 0 Å². The summed E-state index contributed by atoms with van der Waals surface area (Å²) in [4.78, 5) is 14.3. The minimum atomic E-state index is -0.293. The van der Waals surface area contributed by atoms with E-state index >= 15 is 0 Å². The Morgan fingerprint density at radius 2 is 1.96 bits per heavy atom. The first kappa shape index (κ1) is 17.1. The van der Waals surface area contributed by atoms with Gasteiger partial charge in [-0.05, 0) is 49.2 Å². The Morgan fingerprint density at radius 1 is 1.07 bits per heavy atom. The normalized spacial score (nSPS) is 13.6. The van der Waals surface area contributed by atoms with E-state index in [1.807, 2.05) is 42.5 Å². The minimum Gasteiger partial charge on any atom is -0.467 e. The van der Waals surface area contributed by atoms with Crippen molar-refractivity contribution in [3.63, 3.8) is 0 Å². The second-order valence-electron chi connectivity index (χ2n) is 6.44. The Kier molecular flexibility index (Phi) is 5.00. The molecule has 1 aliphatic rings. The van der Waals surface area contributed by atoms with Gasteiger partial charge in [0.05, 0.1) is 18.5 Å². The monoisotopic (exact) mass is 363 g/mol. The molecular weight excluding hydrogens is 342 g/mol. The Hall–Kier alpha value is -3.35. The van der Waals surface area contributed by atoms with E-state index in [4.69, 9.17) is 4.42 Å². The highest BCUT2D eigenvalue weighted by atomic mass is 16.3. The molecule has 7 nitrogen and oxygen atoms in total. The maximum Gasteiger partial charge on any atom is 0.319 e. The summed E-state index contributed by atoms with van der Waals surface area (Å²) in [7, 11) is 0. The fraction of sp³-hybridized carbons (Fsp3) is 0.250. The van der Waals surface area contributed by atoms with Gasteiger partial charge in [0, 0.05) is 24.3 Å². The maximum absolute atomic E-state index is 12.0. The van der Waals surface area contributed by atoms with Gasteiger partial charge in [-0.2, -0.15) is 0 Å². The third-order valence-corrected chi connectivity index (χ3v) is 4.50. The lowest BCUT2D eigenvalue weighted by Crippen LogP contribution is -2.27. The van der Waals surface area contributed by atoms with Crippen molar-refractivity contribution in [3.05, 3.63) is 60.6 Å². The van der Waals surface area contributed by atoms with Crippen LogP contribution in [0.1, 0.15) is 18.6 Å². The van der Waals surface area contributed by atoms with Crippen LogP contribution in [0.3, 0.4) is 0 Å². The summed E-state index contributed by atoms with van der Waals surface area (Å²) in [6.07, 6.45) is 3.99. The van der Waals surface area contributed by atoms with Crippen molar-refractivity contribution < 1.29 is 9.21 Å². The summed E-state index contributed by atoms with van der Waals surface area (Å²) < 4.78 is 5.20. The quantitative estimate of drug-likeness (QED) is 0.723. The molecule has 3 heterocycles. The molecule has 0 aliphatic carbocycles. The molecule has 138 valence electrons. The molecule has 27 heavy (non-hydrogen) atoms. The molecule has 1 aromatic carbocycles. The molecule has 2 N–H and O–H groups in total. The SMILES string of the molecule is O=C(NCc1ccco1)Nc1cccc(-c2ccc(N3CCCC3)nn2)c1. The maximum atomic E-state index is 12.0. The topological polar surface area (TPSA) is 83.3 Å². The predicted octanol–water partition coefficient (Wildman–Crippen LogP) is 3.66. The number of urea groups is 1. The average molecular weight is 363 g/mol. The van der Waals surface area contributed by atoms with E-state index in [0.717, 1.165) is 30.2 Å². The number of amides is 2. The molecule has 2 amide bonds. The molecular formula is C20H21N5O2. The van der Waals surface area contributed by atoms with Crippen LogP contribution in [-0.4, -0.2) is 29.3 Å². The van der Waals surface area contributed by atoms with Crippen molar-refractivity contribution in [1.82, 2.24) is 15.5 Å². The van der Waals surface area contributed by atoms with Crippen LogP contribution in [0.4, 0.5) is 16.3 Å². The van der Waals surface area contributed by atoms with E-state index in [1.165, 1.54) is 12.8 Å². The molecule has 0 radical (unpaired) electrons. The highest BCUT2D eigenvalue weighted by Gasteiger charge is 2.14. The number of nitrogens with one attached hydrogen (secondary N) is 2. The van der Waals surface area contributed by atoms with E-state index in [9.17, 15) is 4.79 Å². The first-order valence-corrected chi connectivity index (χ1v) is 9.04.